The van der Waals surface area contributed by atoms with Gasteiger partial charge >= 0.3 is 0 Å². The van der Waals surface area contributed by atoms with Gasteiger partial charge in [-0.3, -0.25) is 0 Å². The van der Waals surface area contributed by atoms with E-state index in [0.717, 1.165) is 23.9 Å². The molecule has 82 valence electrons. The van der Waals surface area contributed by atoms with E-state index in [4.69, 9.17) is 0 Å². The van der Waals surface area contributed by atoms with Crippen LogP contribution in [0.15, 0.2) is 12.1 Å². The Morgan fingerprint density at radius 1 is 1.47 bits per heavy atom. The van der Waals surface area contributed by atoms with Crippen molar-refractivity contribution in [3.63, 3.8) is 0 Å². The van der Waals surface area contributed by atoms with Crippen molar-refractivity contribution in [1.82, 2.24) is 15.1 Å². The van der Waals surface area contributed by atoms with Gasteiger partial charge in [0.15, 0.2) is 0 Å². The Morgan fingerprint density at radius 3 is 2.87 bits per heavy atom. The predicted octanol–water partition coefficient (Wildman–Crippen LogP) is 1.01. The molecule has 1 saturated heterocycles. The molecule has 15 heavy (non-hydrogen) atoms. The zero-order valence-corrected chi connectivity index (χ0v) is 9.40. The first-order chi connectivity index (χ1) is 7.28. The first-order valence-corrected chi connectivity index (χ1v) is 5.47. The fraction of sp³-hybridized carbons (Fsp3) is 0.636. The van der Waals surface area contributed by atoms with Gasteiger partial charge in [-0.05, 0) is 44.5 Å². The van der Waals surface area contributed by atoms with Gasteiger partial charge in [0.25, 0.3) is 0 Å². The molecule has 4 heteroatoms. The maximum Gasteiger partial charge on any atom is 0.148 e. The number of rotatable bonds is 3. The summed E-state index contributed by atoms with van der Waals surface area (Å²) in [5, 5.41) is 11.3. The minimum absolute atomic E-state index is 0.754. The summed E-state index contributed by atoms with van der Waals surface area (Å²) in [4.78, 5) is 2.38. The lowest BCUT2D eigenvalue weighted by molar-refractivity contribution is 0.393. The highest BCUT2D eigenvalue weighted by Gasteiger charge is 2.19. The molecule has 2 rings (SSSR count). The molecule has 1 atom stereocenters. The molecule has 2 heterocycles. The number of nitrogens with zero attached hydrogens (tertiary/aromatic N) is 3. The van der Waals surface area contributed by atoms with Crippen LogP contribution in [-0.2, 0) is 6.42 Å². The van der Waals surface area contributed by atoms with Gasteiger partial charge in [0.2, 0.25) is 0 Å². The molecule has 0 spiro atoms. The summed E-state index contributed by atoms with van der Waals surface area (Å²) in [5.74, 6) is 1.59. The number of aromatic nitrogens is 2. The first kappa shape index (κ1) is 10.4. The maximum atomic E-state index is 4.21. The van der Waals surface area contributed by atoms with Crippen LogP contribution in [-0.4, -0.2) is 42.3 Å². The number of nitrogens with one attached hydrogen (secondary N) is 1. The standard InChI is InChI=1S/C11H18N4/c1-12-11-4-3-10(13-14-11)7-9-5-6-15(2)8-9/h3-4,9H,5-8H2,1-2H3,(H,12,14). The predicted molar refractivity (Wildman–Crippen MR) is 60.9 cm³/mol. The van der Waals surface area contributed by atoms with Gasteiger partial charge < -0.3 is 10.2 Å². The lowest BCUT2D eigenvalue weighted by atomic mass is 10.0. The van der Waals surface area contributed by atoms with E-state index in [2.05, 4.69) is 33.5 Å². The third kappa shape index (κ3) is 2.65. The Morgan fingerprint density at radius 2 is 2.33 bits per heavy atom. The van der Waals surface area contributed by atoms with Crippen molar-refractivity contribution >= 4 is 5.82 Å². The van der Waals surface area contributed by atoms with Crippen molar-refractivity contribution in [1.29, 1.82) is 0 Å². The molecular formula is C11H18N4. The van der Waals surface area contributed by atoms with Crippen LogP contribution in [0.1, 0.15) is 12.1 Å². The Hall–Kier alpha value is -1.16. The summed E-state index contributed by atoms with van der Waals surface area (Å²) < 4.78 is 0. The van der Waals surface area contributed by atoms with E-state index in [1.807, 2.05) is 13.1 Å². The van der Waals surface area contributed by atoms with Gasteiger partial charge in [0.05, 0.1) is 5.69 Å². The molecule has 1 aliphatic heterocycles. The van der Waals surface area contributed by atoms with Crippen LogP contribution in [0.25, 0.3) is 0 Å². The average Bonchev–Trinajstić information content (AvgIpc) is 2.65. The van der Waals surface area contributed by atoms with Crippen molar-refractivity contribution in [2.75, 3.05) is 32.5 Å². The summed E-state index contributed by atoms with van der Waals surface area (Å²) in [6.45, 7) is 2.40. The highest BCUT2D eigenvalue weighted by molar-refractivity contribution is 5.31. The molecule has 1 unspecified atom stereocenters. The number of hydrogen-bond donors (Lipinski definition) is 1. The van der Waals surface area contributed by atoms with Crippen LogP contribution >= 0.6 is 0 Å². The number of hydrogen-bond acceptors (Lipinski definition) is 4. The second-order valence-corrected chi connectivity index (χ2v) is 4.28. The van der Waals surface area contributed by atoms with Crippen LogP contribution in [0.3, 0.4) is 0 Å². The molecule has 0 saturated carbocycles. The van der Waals surface area contributed by atoms with Gasteiger partial charge in [-0.15, -0.1) is 5.10 Å². The molecule has 1 aliphatic rings. The SMILES string of the molecule is CNc1ccc(CC2CCN(C)C2)nn1. The van der Waals surface area contributed by atoms with Crippen molar-refractivity contribution in [2.24, 2.45) is 5.92 Å². The smallest absolute Gasteiger partial charge is 0.148 e. The van der Waals surface area contributed by atoms with E-state index >= 15 is 0 Å². The second kappa shape index (κ2) is 4.57. The molecule has 1 aromatic heterocycles. The van der Waals surface area contributed by atoms with Gasteiger partial charge in [-0.25, -0.2) is 0 Å². The van der Waals surface area contributed by atoms with Crippen molar-refractivity contribution in [3.05, 3.63) is 17.8 Å². The summed E-state index contributed by atoms with van der Waals surface area (Å²) in [7, 11) is 4.03. The summed E-state index contributed by atoms with van der Waals surface area (Å²) in [6, 6.07) is 4.05. The van der Waals surface area contributed by atoms with Crippen LogP contribution < -0.4 is 5.32 Å². The zero-order chi connectivity index (χ0) is 10.7. The molecule has 0 aromatic carbocycles. The summed E-state index contributed by atoms with van der Waals surface area (Å²) in [6.07, 6.45) is 2.34. The van der Waals surface area contributed by atoms with E-state index < -0.39 is 0 Å². The third-order valence-electron chi connectivity index (χ3n) is 2.96. The number of likely N-dealkylation sites (tertiary alicyclic amines) is 1. The van der Waals surface area contributed by atoms with Gasteiger partial charge in [0, 0.05) is 13.6 Å². The van der Waals surface area contributed by atoms with Crippen LogP contribution in [0.4, 0.5) is 5.82 Å². The molecular weight excluding hydrogens is 188 g/mol. The Labute approximate surface area is 90.7 Å². The fourth-order valence-corrected chi connectivity index (χ4v) is 2.09. The lowest BCUT2D eigenvalue weighted by Gasteiger charge is -2.09. The van der Waals surface area contributed by atoms with E-state index in [-0.39, 0.29) is 0 Å². The van der Waals surface area contributed by atoms with Gasteiger partial charge in [-0.2, -0.15) is 5.10 Å². The second-order valence-electron chi connectivity index (χ2n) is 4.28. The maximum absolute atomic E-state index is 4.21. The molecule has 0 radical (unpaired) electrons. The van der Waals surface area contributed by atoms with Crippen LogP contribution in [0, 0.1) is 5.92 Å². The van der Waals surface area contributed by atoms with E-state index in [9.17, 15) is 0 Å². The van der Waals surface area contributed by atoms with Gasteiger partial charge in [0.1, 0.15) is 5.82 Å². The Kier molecular flexibility index (Phi) is 3.16. The minimum Gasteiger partial charge on any atom is -0.372 e. The minimum atomic E-state index is 0.754. The fourth-order valence-electron chi connectivity index (χ4n) is 2.09. The largest absolute Gasteiger partial charge is 0.372 e. The normalized spacial score (nSPS) is 21.9. The molecule has 1 aromatic rings. The van der Waals surface area contributed by atoms with E-state index in [1.54, 1.807) is 0 Å². The molecule has 0 bridgehead atoms. The van der Waals surface area contributed by atoms with Crippen molar-refractivity contribution < 1.29 is 0 Å². The monoisotopic (exact) mass is 206 g/mol. The highest BCUT2D eigenvalue weighted by atomic mass is 15.2. The Balaban J connectivity index is 1.93. The molecule has 1 N–H and O–H groups in total. The lowest BCUT2D eigenvalue weighted by Crippen LogP contribution is -2.15. The molecule has 1 fully saturated rings. The summed E-state index contributed by atoms with van der Waals surface area (Å²) in [5.41, 5.74) is 1.11. The Bertz CT molecular complexity index is 309. The van der Waals surface area contributed by atoms with Crippen LogP contribution in [0.2, 0.25) is 0 Å². The first-order valence-electron chi connectivity index (χ1n) is 5.47. The quantitative estimate of drug-likeness (QED) is 0.801. The molecule has 4 nitrogen and oxygen atoms in total. The van der Waals surface area contributed by atoms with Crippen molar-refractivity contribution in [3.8, 4) is 0 Å². The van der Waals surface area contributed by atoms with Gasteiger partial charge in [-0.1, -0.05) is 0 Å². The average molecular weight is 206 g/mol. The zero-order valence-electron chi connectivity index (χ0n) is 9.40. The topological polar surface area (TPSA) is 41.0 Å². The van der Waals surface area contributed by atoms with Crippen molar-refractivity contribution in [2.45, 2.75) is 12.8 Å². The highest BCUT2D eigenvalue weighted by Crippen LogP contribution is 2.18. The summed E-state index contributed by atoms with van der Waals surface area (Å²) >= 11 is 0. The van der Waals surface area contributed by atoms with E-state index in [1.165, 1.54) is 19.5 Å². The molecule has 0 amide bonds. The number of anilines is 1. The molecule has 0 aliphatic carbocycles. The van der Waals surface area contributed by atoms with E-state index in [0.29, 0.717) is 0 Å². The van der Waals surface area contributed by atoms with Crippen LogP contribution in [0.5, 0.6) is 0 Å². The third-order valence-corrected chi connectivity index (χ3v) is 2.96.